The minimum atomic E-state index is -0.249. The fourth-order valence-electron chi connectivity index (χ4n) is 3.18. The van der Waals surface area contributed by atoms with Crippen LogP contribution in [-0.4, -0.2) is 26.1 Å². The van der Waals surface area contributed by atoms with Gasteiger partial charge in [0.2, 0.25) is 0 Å². The first kappa shape index (κ1) is 13.6. The van der Waals surface area contributed by atoms with Crippen LogP contribution in [0.3, 0.4) is 0 Å². The van der Waals surface area contributed by atoms with Crippen molar-refractivity contribution in [3.8, 4) is 0 Å². The highest BCUT2D eigenvalue weighted by Gasteiger charge is 2.33. The number of hydrogen-bond donors (Lipinski definition) is 1. The number of aromatic amines is 1. The quantitative estimate of drug-likeness (QED) is 0.686. The molecule has 1 fully saturated rings. The van der Waals surface area contributed by atoms with Crippen LogP contribution in [0.1, 0.15) is 25.3 Å². The Balaban J connectivity index is 1.98. The Morgan fingerprint density at radius 3 is 2.90 bits per heavy atom. The van der Waals surface area contributed by atoms with Crippen LogP contribution in [0.25, 0.3) is 16.7 Å². The van der Waals surface area contributed by atoms with Crippen LogP contribution in [0.15, 0.2) is 22.8 Å². The number of halogens is 2. The van der Waals surface area contributed by atoms with Gasteiger partial charge < -0.3 is 4.98 Å². The van der Waals surface area contributed by atoms with Crippen molar-refractivity contribution in [3.05, 3.63) is 34.2 Å². The monoisotopic (exact) mass is 367 g/mol. The smallest absolute Gasteiger partial charge is 0.138 e. The Hall–Kier alpha value is -1.01. The van der Waals surface area contributed by atoms with E-state index in [0.717, 1.165) is 34.0 Å². The number of benzene rings is 1. The first-order valence-corrected chi connectivity index (χ1v) is 8.96. The average Bonchev–Trinajstić information content (AvgIpc) is 2.97. The Morgan fingerprint density at radius 1 is 1.38 bits per heavy atom. The van der Waals surface area contributed by atoms with Gasteiger partial charge in [-0.1, -0.05) is 6.92 Å². The molecule has 2 aromatic heterocycles. The number of fused-ring (bicyclic) bond motifs is 3. The Bertz CT molecular complexity index is 832. The van der Waals surface area contributed by atoms with Crippen LogP contribution < -0.4 is 0 Å². The van der Waals surface area contributed by atoms with Crippen molar-refractivity contribution in [2.75, 3.05) is 11.5 Å². The summed E-state index contributed by atoms with van der Waals surface area (Å²) in [5.41, 5.74) is 4.06. The van der Waals surface area contributed by atoms with Crippen LogP contribution in [0, 0.1) is 5.82 Å². The van der Waals surface area contributed by atoms with Gasteiger partial charge in [0.15, 0.2) is 0 Å². The summed E-state index contributed by atoms with van der Waals surface area (Å²) in [6.45, 7) is 2.31. The average molecular weight is 368 g/mol. The third-order valence-electron chi connectivity index (χ3n) is 4.51. The van der Waals surface area contributed by atoms with Crippen LogP contribution in [0.5, 0.6) is 0 Å². The second-order valence-corrected chi connectivity index (χ2v) is 7.98. The topological polar surface area (TPSA) is 33.1 Å². The van der Waals surface area contributed by atoms with E-state index >= 15 is 0 Å². The van der Waals surface area contributed by atoms with Gasteiger partial charge in [0.05, 0.1) is 11.7 Å². The lowest BCUT2D eigenvalue weighted by molar-refractivity contribution is 0.439. The Morgan fingerprint density at radius 2 is 2.14 bits per heavy atom. The van der Waals surface area contributed by atoms with Crippen molar-refractivity contribution in [1.29, 1.82) is 0 Å². The number of H-pyrrole nitrogens is 1. The number of hydrogen-bond acceptors (Lipinski definition) is 2. The van der Waals surface area contributed by atoms with Gasteiger partial charge in [-0.25, -0.2) is 8.91 Å². The molecule has 1 aliphatic rings. The summed E-state index contributed by atoms with van der Waals surface area (Å²) in [5, 5.41) is 4.54. The third-order valence-corrected chi connectivity index (χ3v) is 6.10. The van der Waals surface area contributed by atoms with E-state index in [0.29, 0.717) is 0 Å². The van der Waals surface area contributed by atoms with Crippen LogP contribution in [0.2, 0.25) is 0 Å². The maximum Gasteiger partial charge on any atom is 0.138 e. The molecule has 6 heteroatoms. The van der Waals surface area contributed by atoms with Crippen LogP contribution in [-0.2, 0) is 5.41 Å². The number of imidazole rings is 1. The van der Waals surface area contributed by atoms with Gasteiger partial charge in [-0.15, -0.1) is 0 Å². The van der Waals surface area contributed by atoms with Gasteiger partial charge in [0.25, 0.3) is 0 Å². The van der Waals surface area contributed by atoms with Crippen molar-refractivity contribution < 1.29 is 4.39 Å². The maximum absolute atomic E-state index is 13.6. The van der Waals surface area contributed by atoms with Crippen LogP contribution >= 0.6 is 27.7 Å². The molecular weight excluding hydrogens is 353 g/mol. The molecule has 1 aromatic carbocycles. The lowest BCUT2D eigenvalue weighted by Gasteiger charge is -2.32. The van der Waals surface area contributed by atoms with Gasteiger partial charge in [-0.2, -0.15) is 16.9 Å². The number of thioether (sulfide) groups is 1. The Labute approximate surface area is 134 Å². The van der Waals surface area contributed by atoms with Crippen molar-refractivity contribution in [3.63, 3.8) is 0 Å². The number of rotatable bonds is 1. The first-order valence-electron chi connectivity index (χ1n) is 7.01. The molecule has 0 saturated carbocycles. The zero-order chi connectivity index (χ0) is 14.6. The van der Waals surface area contributed by atoms with Gasteiger partial charge in [-0.05, 0) is 57.8 Å². The molecule has 0 amide bonds. The van der Waals surface area contributed by atoms with E-state index in [2.05, 4.69) is 32.9 Å². The number of nitrogens with zero attached hydrogens (tertiary/aromatic N) is 2. The molecule has 3 aromatic rings. The van der Waals surface area contributed by atoms with Gasteiger partial charge >= 0.3 is 0 Å². The molecule has 0 atom stereocenters. The van der Waals surface area contributed by atoms with Crippen molar-refractivity contribution in [2.45, 2.75) is 25.2 Å². The summed E-state index contributed by atoms with van der Waals surface area (Å²) in [6, 6.07) is 3.01. The summed E-state index contributed by atoms with van der Waals surface area (Å²) in [4.78, 5) is 3.35. The first-order chi connectivity index (χ1) is 10.1. The molecule has 1 N–H and O–H groups in total. The lowest BCUT2D eigenvalue weighted by atomic mass is 9.79. The highest BCUT2D eigenvalue weighted by atomic mass is 79.9. The predicted molar refractivity (Wildman–Crippen MR) is 88.6 cm³/mol. The molecule has 4 rings (SSSR count). The molecule has 21 heavy (non-hydrogen) atoms. The van der Waals surface area contributed by atoms with E-state index in [1.54, 1.807) is 0 Å². The fraction of sp³-hybridized carbons (Fsp3) is 0.400. The van der Waals surface area contributed by atoms with Crippen molar-refractivity contribution >= 4 is 44.4 Å². The van der Waals surface area contributed by atoms with E-state index in [4.69, 9.17) is 0 Å². The standard InChI is InChI=1S/C15H15BrFN3S/c1-15(2-4-21-5-3-15)10-8-18-20-13-11(16)6-9(17)7-12(13)19-14(10)20/h6-8,19H,2-5H2,1H3. The van der Waals surface area contributed by atoms with E-state index in [1.807, 2.05) is 22.5 Å². The lowest BCUT2D eigenvalue weighted by Crippen LogP contribution is -2.27. The molecule has 0 aliphatic carbocycles. The number of aromatic nitrogens is 3. The molecule has 1 aliphatic heterocycles. The molecule has 3 heterocycles. The van der Waals surface area contributed by atoms with E-state index in [1.165, 1.54) is 29.2 Å². The second kappa shape index (κ2) is 4.74. The van der Waals surface area contributed by atoms with Crippen molar-refractivity contribution in [2.24, 2.45) is 0 Å². The highest BCUT2D eigenvalue weighted by molar-refractivity contribution is 9.10. The van der Waals surface area contributed by atoms with E-state index in [-0.39, 0.29) is 11.2 Å². The molecule has 110 valence electrons. The zero-order valence-electron chi connectivity index (χ0n) is 11.6. The third kappa shape index (κ3) is 2.03. The zero-order valence-corrected chi connectivity index (χ0v) is 14.0. The van der Waals surface area contributed by atoms with Gasteiger partial charge in [-0.3, -0.25) is 0 Å². The molecule has 0 bridgehead atoms. The molecule has 0 radical (unpaired) electrons. The van der Waals surface area contributed by atoms with Gasteiger partial charge in [0, 0.05) is 10.0 Å². The molecule has 0 spiro atoms. The minimum absolute atomic E-state index is 0.152. The molecule has 1 saturated heterocycles. The summed E-state index contributed by atoms with van der Waals surface area (Å²) in [5.74, 6) is 2.12. The maximum atomic E-state index is 13.6. The highest BCUT2D eigenvalue weighted by Crippen LogP contribution is 2.40. The van der Waals surface area contributed by atoms with E-state index < -0.39 is 0 Å². The Kier molecular flexibility index (Phi) is 3.08. The van der Waals surface area contributed by atoms with E-state index in [9.17, 15) is 4.39 Å². The van der Waals surface area contributed by atoms with Crippen molar-refractivity contribution in [1.82, 2.24) is 14.6 Å². The summed E-state index contributed by atoms with van der Waals surface area (Å²) in [7, 11) is 0. The summed E-state index contributed by atoms with van der Waals surface area (Å²) >= 11 is 5.46. The fourth-order valence-corrected chi connectivity index (χ4v) is 5.17. The SMILES string of the molecule is CC1(c2cnn3c2[nH]c2cc(F)cc(Br)c23)CCSCC1. The largest absolute Gasteiger partial charge is 0.338 e. The van der Waals surface area contributed by atoms with Crippen LogP contribution in [0.4, 0.5) is 4.39 Å². The molecule has 3 nitrogen and oxygen atoms in total. The summed E-state index contributed by atoms with van der Waals surface area (Å²) in [6.07, 6.45) is 4.28. The minimum Gasteiger partial charge on any atom is -0.338 e. The predicted octanol–water partition coefficient (Wildman–Crippen LogP) is 4.50. The second-order valence-electron chi connectivity index (χ2n) is 5.90. The molecule has 0 unspecified atom stereocenters. The molecular formula is C15H15BrFN3S. The number of nitrogens with one attached hydrogen (secondary N) is 1. The normalized spacial score (nSPS) is 18.6. The van der Waals surface area contributed by atoms with Gasteiger partial charge in [0.1, 0.15) is 17.0 Å². The summed E-state index contributed by atoms with van der Waals surface area (Å²) < 4.78 is 16.2.